The average Bonchev–Trinajstić information content (AvgIpc) is 2.95. The second-order valence-electron chi connectivity index (χ2n) is 4.78. The number of para-hydroxylation sites is 1. The Hall–Kier alpha value is -1.95. The normalized spacial score (nSPS) is 10.8. The quantitative estimate of drug-likeness (QED) is 0.808. The molecule has 6 heteroatoms. The van der Waals surface area contributed by atoms with Gasteiger partial charge in [0, 0.05) is 25.8 Å². The van der Waals surface area contributed by atoms with Crippen LogP contribution in [0.3, 0.4) is 0 Å². The van der Waals surface area contributed by atoms with Crippen LogP contribution in [0, 0.1) is 5.82 Å². The topological polar surface area (TPSA) is 46.0 Å². The number of aromatic nitrogens is 3. The number of rotatable bonds is 8. The summed E-state index contributed by atoms with van der Waals surface area (Å²) in [5.74, 6) is -0.189. The molecule has 0 unspecified atom stereocenters. The van der Waals surface area contributed by atoms with Gasteiger partial charge in [0.05, 0.1) is 17.9 Å². The van der Waals surface area contributed by atoms with E-state index in [1.165, 1.54) is 6.07 Å². The second kappa shape index (κ2) is 7.73. The van der Waals surface area contributed by atoms with E-state index in [2.05, 4.69) is 22.6 Å². The van der Waals surface area contributed by atoms with Gasteiger partial charge in [-0.15, -0.1) is 5.10 Å². The van der Waals surface area contributed by atoms with Gasteiger partial charge in [-0.1, -0.05) is 24.3 Å². The third-order valence-corrected chi connectivity index (χ3v) is 3.32. The summed E-state index contributed by atoms with van der Waals surface area (Å²) in [7, 11) is 0. The Morgan fingerprint density at radius 1 is 1.29 bits per heavy atom. The van der Waals surface area contributed by atoms with Crippen molar-refractivity contribution in [2.24, 2.45) is 0 Å². The Balaban J connectivity index is 1.94. The number of anilines is 1. The minimum atomic E-state index is -0.189. The Bertz CT molecular complexity index is 555. The Morgan fingerprint density at radius 3 is 2.81 bits per heavy atom. The lowest BCUT2D eigenvalue weighted by Gasteiger charge is -2.23. The van der Waals surface area contributed by atoms with Crippen LogP contribution in [-0.2, 0) is 13.1 Å². The summed E-state index contributed by atoms with van der Waals surface area (Å²) in [6.45, 7) is 7.83. The molecule has 2 rings (SSSR count). The van der Waals surface area contributed by atoms with Gasteiger partial charge in [0.2, 0.25) is 0 Å². The van der Waals surface area contributed by atoms with Gasteiger partial charge < -0.3 is 10.2 Å². The Labute approximate surface area is 124 Å². The first-order chi connectivity index (χ1) is 10.2. The van der Waals surface area contributed by atoms with E-state index in [0.717, 1.165) is 25.3 Å². The number of likely N-dealkylation sites (N-methyl/N-ethyl adjacent to an activating group) is 1. The van der Waals surface area contributed by atoms with Gasteiger partial charge in [0.15, 0.2) is 0 Å². The maximum absolute atomic E-state index is 13.8. The van der Waals surface area contributed by atoms with Gasteiger partial charge in [0.25, 0.3) is 0 Å². The first-order valence-corrected chi connectivity index (χ1v) is 7.33. The molecule has 1 aromatic heterocycles. The number of nitrogens with zero attached hydrogens (tertiary/aromatic N) is 4. The lowest BCUT2D eigenvalue weighted by Crippen LogP contribution is -2.28. The first-order valence-electron chi connectivity index (χ1n) is 7.33. The standard InChI is InChI=1S/C15H22FN5/c1-3-17-11-13-12-21(19-18-13)10-9-20(4-2)15-8-6-5-7-14(15)16/h5-8,12,17H,3-4,9-11H2,1-2H3. The molecule has 0 atom stereocenters. The highest BCUT2D eigenvalue weighted by atomic mass is 19.1. The summed E-state index contributed by atoms with van der Waals surface area (Å²) in [6.07, 6.45) is 1.93. The van der Waals surface area contributed by atoms with Crippen molar-refractivity contribution in [2.75, 3.05) is 24.5 Å². The fraction of sp³-hybridized carbons (Fsp3) is 0.467. The summed E-state index contributed by atoms with van der Waals surface area (Å²) in [4.78, 5) is 2.00. The minimum Gasteiger partial charge on any atom is -0.368 e. The molecule has 1 N–H and O–H groups in total. The summed E-state index contributed by atoms with van der Waals surface area (Å²) in [5, 5.41) is 11.4. The highest BCUT2D eigenvalue weighted by molar-refractivity contribution is 5.47. The Morgan fingerprint density at radius 2 is 2.10 bits per heavy atom. The maximum atomic E-state index is 13.8. The van der Waals surface area contributed by atoms with Crippen molar-refractivity contribution in [2.45, 2.75) is 26.9 Å². The van der Waals surface area contributed by atoms with Crippen LogP contribution >= 0.6 is 0 Å². The zero-order valence-corrected chi connectivity index (χ0v) is 12.6. The third kappa shape index (κ3) is 4.26. The number of hydrogen-bond donors (Lipinski definition) is 1. The summed E-state index contributed by atoms with van der Waals surface area (Å²) >= 11 is 0. The minimum absolute atomic E-state index is 0.189. The zero-order chi connectivity index (χ0) is 15.1. The maximum Gasteiger partial charge on any atom is 0.146 e. The smallest absolute Gasteiger partial charge is 0.146 e. The van der Waals surface area contributed by atoms with Crippen molar-refractivity contribution in [3.8, 4) is 0 Å². The Kier molecular flexibility index (Phi) is 5.68. The zero-order valence-electron chi connectivity index (χ0n) is 12.6. The molecular formula is C15H22FN5. The van der Waals surface area contributed by atoms with Crippen molar-refractivity contribution in [3.63, 3.8) is 0 Å². The van der Waals surface area contributed by atoms with Crippen LogP contribution in [0.5, 0.6) is 0 Å². The van der Waals surface area contributed by atoms with Crippen LogP contribution in [0.1, 0.15) is 19.5 Å². The molecule has 0 aliphatic rings. The molecule has 0 aliphatic carbocycles. The van der Waals surface area contributed by atoms with Gasteiger partial charge in [-0.25, -0.2) is 4.39 Å². The lowest BCUT2D eigenvalue weighted by molar-refractivity contribution is 0.567. The summed E-state index contributed by atoms with van der Waals surface area (Å²) in [6, 6.07) is 6.85. The van der Waals surface area contributed by atoms with E-state index in [4.69, 9.17) is 0 Å². The number of benzene rings is 1. The lowest BCUT2D eigenvalue weighted by atomic mass is 10.2. The third-order valence-electron chi connectivity index (χ3n) is 3.32. The van der Waals surface area contributed by atoms with Gasteiger partial charge in [-0.05, 0) is 25.6 Å². The molecule has 0 fully saturated rings. The van der Waals surface area contributed by atoms with Gasteiger partial charge in [-0.2, -0.15) is 0 Å². The monoisotopic (exact) mass is 291 g/mol. The summed E-state index contributed by atoms with van der Waals surface area (Å²) < 4.78 is 15.6. The number of halogens is 1. The molecular weight excluding hydrogens is 269 g/mol. The van der Waals surface area contributed by atoms with Crippen molar-refractivity contribution < 1.29 is 4.39 Å². The average molecular weight is 291 g/mol. The fourth-order valence-corrected chi connectivity index (χ4v) is 2.16. The predicted molar refractivity (Wildman–Crippen MR) is 81.7 cm³/mol. The molecule has 0 saturated heterocycles. The summed E-state index contributed by atoms with van der Waals surface area (Å²) in [5.41, 5.74) is 1.55. The molecule has 21 heavy (non-hydrogen) atoms. The van der Waals surface area contributed by atoms with Crippen molar-refractivity contribution >= 4 is 5.69 Å². The SMILES string of the molecule is CCNCc1cn(CCN(CC)c2ccccc2F)nn1. The predicted octanol–water partition coefficient (Wildman–Crippen LogP) is 2.05. The van der Waals surface area contributed by atoms with E-state index in [9.17, 15) is 4.39 Å². The molecule has 0 saturated carbocycles. The van der Waals surface area contributed by atoms with E-state index >= 15 is 0 Å². The van der Waals surface area contributed by atoms with Crippen LogP contribution in [0.4, 0.5) is 10.1 Å². The van der Waals surface area contributed by atoms with Crippen LogP contribution in [-0.4, -0.2) is 34.6 Å². The van der Waals surface area contributed by atoms with Crippen molar-refractivity contribution in [1.82, 2.24) is 20.3 Å². The van der Waals surface area contributed by atoms with E-state index in [1.807, 2.05) is 24.1 Å². The highest BCUT2D eigenvalue weighted by Crippen LogP contribution is 2.18. The van der Waals surface area contributed by atoms with Crippen molar-refractivity contribution in [1.29, 1.82) is 0 Å². The fourth-order valence-electron chi connectivity index (χ4n) is 2.16. The molecule has 5 nitrogen and oxygen atoms in total. The first kappa shape index (κ1) is 15.4. The van der Waals surface area contributed by atoms with Crippen LogP contribution < -0.4 is 10.2 Å². The van der Waals surface area contributed by atoms with E-state index in [-0.39, 0.29) is 5.82 Å². The molecule has 1 aromatic carbocycles. The molecule has 0 amide bonds. The number of nitrogens with one attached hydrogen (secondary N) is 1. The molecule has 1 heterocycles. The molecule has 0 spiro atoms. The van der Waals surface area contributed by atoms with Crippen LogP contribution in [0.2, 0.25) is 0 Å². The van der Waals surface area contributed by atoms with Crippen molar-refractivity contribution in [3.05, 3.63) is 42.0 Å². The highest BCUT2D eigenvalue weighted by Gasteiger charge is 2.09. The molecule has 0 radical (unpaired) electrons. The molecule has 0 bridgehead atoms. The van der Waals surface area contributed by atoms with Crippen LogP contribution in [0.15, 0.2) is 30.5 Å². The van der Waals surface area contributed by atoms with Gasteiger partial charge >= 0.3 is 0 Å². The molecule has 114 valence electrons. The van der Waals surface area contributed by atoms with Gasteiger partial charge in [-0.3, -0.25) is 4.68 Å². The van der Waals surface area contributed by atoms with E-state index in [0.29, 0.717) is 18.8 Å². The molecule has 0 aliphatic heterocycles. The number of hydrogen-bond acceptors (Lipinski definition) is 4. The molecule has 2 aromatic rings. The van der Waals surface area contributed by atoms with Gasteiger partial charge in [0.1, 0.15) is 5.82 Å². The second-order valence-corrected chi connectivity index (χ2v) is 4.78. The largest absolute Gasteiger partial charge is 0.368 e. The van der Waals surface area contributed by atoms with Crippen LogP contribution in [0.25, 0.3) is 0 Å². The van der Waals surface area contributed by atoms with E-state index in [1.54, 1.807) is 16.8 Å². The van der Waals surface area contributed by atoms with E-state index < -0.39 is 0 Å².